The molecule has 2 rings (SSSR count). The van der Waals surface area contributed by atoms with Gasteiger partial charge in [-0.05, 0) is 56.0 Å². The van der Waals surface area contributed by atoms with Gasteiger partial charge >= 0.3 is 5.97 Å². The van der Waals surface area contributed by atoms with Crippen molar-refractivity contribution in [3.63, 3.8) is 0 Å². The van der Waals surface area contributed by atoms with Crippen LogP contribution in [0.1, 0.15) is 185 Å². The molecule has 0 saturated carbocycles. The lowest BCUT2D eigenvalue weighted by Gasteiger charge is -2.20. The Hall–Kier alpha value is -2.33. The van der Waals surface area contributed by atoms with E-state index < -0.39 is 0 Å². The molecule has 0 spiro atoms. The molecule has 4 nitrogen and oxygen atoms in total. The fourth-order valence-electron chi connectivity index (χ4n) is 5.88. The minimum absolute atomic E-state index is 0.000781. The molecule has 0 bridgehead atoms. The third kappa shape index (κ3) is 17.8. The summed E-state index contributed by atoms with van der Waals surface area (Å²) in [6.45, 7) is 9.51. The van der Waals surface area contributed by atoms with E-state index in [9.17, 15) is 4.79 Å². The van der Waals surface area contributed by atoms with Gasteiger partial charge in [-0.3, -0.25) is 0 Å². The highest BCUT2D eigenvalue weighted by Gasteiger charge is 2.16. The molecule has 0 radical (unpaired) electrons. The number of carbonyl (C=O) groups is 1. The van der Waals surface area contributed by atoms with Crippen LogP contribution >= 0.6 is 0 Å². The quantitative estimate of drug-likeness (QED) is 0.0538. The number of ether oxygens (including phenoxy) is 3. The minimum Gasteiger partial charge on any atom is -0.487 e. The summed E-state index contributed by atoms with van der Waals surface area (Å²) in [5.41, 5.74) is 1.60. The van der Waals surface area contributed by atoms with Crippen LogP contribution in [0.4, 0.5) is 0 Å². The van der Waals surface area contributed by atoms with Crippen molar-refractivity contribution in [1.29, 1.82) is 0 Å². The first-order valence-corrected chi connectivity index (χ1v) is 18.8. The fourth-order valence-corrected chi connectivity index (χ4v) is 5.88. The maximum absolute atomic E-state index is 13.0. The zero-order chi connectivity index (χ0) is 32.4. The van der Waals surface area contributed by atoms with Crippen LogP contribution in [-0.2, 0) is 4.74 Å². The summed E-state index contributed by atoms with van der Waals surface area (Å²) in [7, 11) is 0. The number of benzene rings is 2. The van der Waals surface area contributed by atoms with Crippen molar-refractivity contribution in [2.45, 2.75) is 175 Å². The summed E-state index contributed by atoms with van der Waals surface area (Å²) < 4.78 is 18.2. The Balaban J connectivity index is 1.59. The van der Waals surface area contributed by atoms with Crippen molar-refractivity contribution in [3.8, 4) is 11.5 Å². The van der Waals surface area contributed by atoms with Gasteiger partial charge in [0, 0.05) is 6.61 Å². The molecule has 0 fully saturated rings. The normalized spacial score (nSPS) is 12.6. The van der Waals surface area contributed by atoms with Gasteiger partial charge in [-0.1, -0.05) is 161 Å². The number of carbonyl (C=O) groups excluding carboxylic acids is 1. The molecule has 0 aromatic heterocycles. The molecule has 0 N–H and O–H groups in total. The maximum atomic E-state index is 13.0. The van der Waals surface area contributed by atoms with Gasteiger partial charge in [-0.2, -0.15) is 0 Å². The Morgan fingerprint density at radius 2 is 1.09 bits per heavy atom. The van der Waals surface area contributed by atoms with Crippen molar-refractivity contribution in [3.05, 3.63) is 59.7 Å². The molecule has 4 heteroatoms. The number of esters is 1. The third-order valence-electron chi connectivity index (χ3n) is 8.82. The van der Waals surface area contributed by atoms with Crippen LogP contribution in [0.5, 0.6) is 11.5 Å². The molecule has 0 amide bonds. The predicted octanol–water partition coefficient (Wildman–Crippen LogP) is 13.0. The molecule has 0 aliphatic heterocycles. The van der Waals surface area contributed by atoms with Gasteiger partial charge in [-0.15, -0.1) is 0 Å². The summed E-state index contributed by atoms with van der Waals surface area (Å²) in [6, 6.07) is 15.1. The lowest BCUT2D eigenvalue weighted by Crippen LogP contribution is -2.17. The summed E-state index contributed by atoms with van der Waals surface area (Å²) in [6.07, 6.45) is 27.4. The molecule has 254 valence electrons. The average molecular weight is 623 g/mol. The Morgan fingerprint density at radius 3 is 1.62 bits per heavy atom. The molecule has 0 saturated heterocycles. The van der Waals surface area contributed by atoms with Gasteiger partial charge < -0.3 is 14.2 Å². The molecule has 45 heavy (non-hydrogen) atoms. The van der Waals surface area contributed by atoms with Crippen LogP contribution in [0.15, 0.2) is 48.5 Å². The average Bonchev–Trinajstić information content (AvgIpc) is 3.06. The SMILES string of the molecule is CCCCCCCCCCCCCCCCCCOC(C)c1ccc(C(=O)Oc2ccccc2OC(CCC)CCCC)cc1. The van der Waals surface area contributed by atoms with Crippen LogP contribution in [0.2, 0.25) is 0 Å². The first-order valence-electron chi connectivity index (χ1n) is 18.8. The molecule has 2 unspecified atom stereocenters. The molecule has 2 atom stereocenters. The van der Waals surface area contributed by atoms with Gasteiger partial charge in [-0.25, -0.2) is 4.79 Å². The molecular formula is C41H66O4. The van der Waals surface area contributed by atoms with E-state index in [1.165, 1.54) is 96.3 Å². The fraction of sp³-hybridized carbons (Fsp3) is 0.683. The highest BCUT2D eigenvalue weighted by molar-refractivity contribution is 5.91. The minimum atomic E-state index is -0.375. The highest BCUT2D eigenvalue weighted by Crippen LogP contribution is 2.30. The van der Waals surface area contributed by atoms with E-state index in [1.54, 1.807) is 6.07 Å². The summed E-state index contributed by atoms with van der Waals surface area (Å²) in [4.78, 5) is 13.0. The van der Waals surface area contributed by atoms with Gasteiger partial charge in [0.2, 0.25) is 0 Å². The molecule has 2 aromatic rings. The first kappa shape index (κ1) is 38.9. The summed E-state index contributed by atoms with van der Waals surface area (Å²) in [5.74, 6) is 0.729. The van der Waals surface area contributed by atoms with E-state index >= 15 is 0 Å². The molecule has 0 aliphatic carbocycles. The van der Waals surface area contributed by atoms with Gasteiger partial charge in [0.25, 0.3) is 0 Å². The lowest BCUT2D eigenvalue weighted by molar-refractivity contribution is 0.0625. The topological polar surface area (TPSA) is 44.8 Å². The van der Waals surface area contributed by atoms with Crippen LogP contribution in [0, 0.1) is 0 Å². The standard InChI is InChI=1S/C41H66O4/c1-5-8-10-11-12-13-14-15-16-17-18-19-20-21-22-25-34-43-35(4)36-30-32-37(33-31-36)41(42)45-40-29-24-23-28-39(40)44-38(26-7-3)27-9-6-2/h23-24,28-33,35,38H,5-22,25-27,34H2,1-4H3. The van der Waals surface area contributed by atoms with Crippen LogP contribution in [-0.4, -0.2) is 18.7 Å². The molecular weight excluding hydrogens is 556 g/mol. The predicted molar refractivity (Wildman–Crippen MR) is 191 cm³/mol. The van der Waals surface area contributed by atoms with Crippen molar-refractivity contribution in [2.24, 2.45) is 0 Å². The number of hydrogen-bond acceptors (Lipinski definition) is 4. The van der Waals surface area contributed by atoms with Crippen molar-refractivity contribution in [1.82, 2.24) is 0 Å². The Kier molecular flexibility index (Phi) is 22.3. The van der Waals surface area contributed by atoms with E-state index in [1.807, 2.05) is 42.5 Å². The number of rotatable bonds is 28. The number of unbranched alkanes of at least 4 members (excludes halogenated alkanes) is 16. The Morgan fingerprint density at radius 1 is 0.578 bits per heavy atom. The third-order valence-corrected chi connectivity index (χ3v) is 8.82. The second kappa shape index (κ2) is 25.8. The number of para-hydroxylation sites is 2. The van der Waals surface area contributed by atoms with E-state index in [4.69, 9.17) is 14.2 Å². The highest BCUT2D eigenvalue weighted by atomic mass is 16.6. The summed E-state index contributed by atoms with van der Waals surface area (Å²) >= 11 is 0. The van der Waals surface area contributed by atoms with E-state index in [-0.39, 0.29) is 18.2 Å². The zero-order valence-corrected chi connectivity index (χ0v) is 29.5. The monoisotopic (exact) mass is 622 g/mol. The van der Waals surface area contributed by atoms with Crippen molar-refractivity contribution < 1.29 is 19.0 Å². The zero-order valence-electron chi connectivity index (χ0n) is 29.5. The molecule has 2 aromatic carbocycles. The Bertz CT molecular complexity index is 985. The summed E-state index contributed by atoms with van der Waals surface area (Å²) in [5, 5.41) is 0. The van der Waals surface area contributed by atoms with Gasteiger partial charge in [0.15, 0.2) is 11.5 Å². The van der Waals surface area contributed by atoms with Crippen molar-refractivity contribution in [2.75, 3.05) is 6.61 Å². The first-order chi connectivity index (χ1) is 22.1. The van der Waals surface area contributed by atoms with E-state index in [0.29, 0.717) is 17.1 Å². The lowest BCUT2D eigenvalue weighted by atomic mass is 10.0. The van der Waals surface area contributed by atoms with Crippen molar-refractivity contribution >= 4 is 5.97 Å². The smallest absolute Gasteiger partial charge is 0.343 e. The number of hydrogen-bond donors (Lipinski definition) is 0. The second-order valence-electron chi connectivity index (χ2n) is 12.9. The molecule has 0 heterocycles. The van der Waals surface area contributed by atoms with E-state index in [0.717, 1.165) is 50.7 Å². The second-order valence-corrected chi connectivity index (χ2v) is 12.9. The maximum Gasteiger partial charge on any atom is 0.343 e. The van der Waals surface area contributed by atoms with Crippen LogP contribution in [0.25, 0.3) is 0 Å². The largest absolute Gasteiger partial charge is 0.487 e. The van der Waals surface area contributed by atoms with E-state index in [2.05, 4.69) is 27.7 Å². The van der Waals surface area contributed by atoms with Gasteiger partial charge in [0.05, 0.1) is 17.8 Å². The van der Waals surface area contributed by atoms with Crippen LogP contribution in [0.3, 0.4) is 0 Å². The Labute approximate surface area is 277 Å². The van der Waals surface area contributed by atoms with Crippen LogP contribution < -0.4 is 9.47 Å². The molecule has 0 aliphatic rings. The van der Waals surface area contributed by atoms with Gasteiger partial charge in [0.1, 0.15) is 0 Å².